The molecule has 6 N–H and O–H groups in total. The first-order valence-electron chi connectivity index (χ1n) is 12.8. The fourth-order valence-electron chi connectivity index (χ4n) is 3.26. The summed E-state index contributed by atoms with van der Waals surface area (Å²) in [5.74, 6) is 0.951. The molecule has 2 atom stereocenters. The van der Waals surface area contributed by atoms with E-state index in [9.17, 15) is 4.79 Å². The topological polar surface area (TPSA) is 141 Å². The van der Waals surface area contributed by atoms with Gasteiger partial charge in [-0.05, 0) is 76.8 Å². The number of carbonyl (C=O) groups is 1. The molecule has 1 aromatic rings. The average Bonchev–Trinajstić information content (AvgIpc) is 2.86. The molecule has 0 aromatic heterocycles. The van der Waals surface area contributed by atoms with Crippen molar-refractivity contribution < 1.29 is 36.1 Å². The van der Waals surface area contributed by atoms with Gasteiger partial charge in [0.05, 0.1) is 5.54 Å². The predicted octanol–water partition coefficient (Wildman–Crippen LogP) is 7.63. The van der Waals surface area contributed by atoms with Crippen LogP contribution in [0.5, 0.6) is 11.5 Å². The number of allylic oxidation sites excluding steroid dienone is 3. The third-order valence-corrected chi connectivity index (χ3v) is 5.71. The van der Waals surface area contributed by atoms with Crippen LogP contribution in [-0.4, -0.2) is 41.3 Å². The van der Waals surface area contributed by atoms with Gasteiger partial charge < -0.3 is 32.4 Å². The summed E-state index contributed by atoms with van der Waals surface area (Å²) in [4.78, 5) is 11.2. The molecule has 1 aliphatic rings. The van der Waals surface area contributed by atoms with Crippen LogP contribution in [0.2, 0.25) is 0 Å². The zero-order chi connectivity index (χ0) is 28.1. The molecule has 0 radical (unpaired) electrons. The van der Waals surface area contributed by atoms with E-state index in [0.29, 0.717) is 23.9 Å². The quantitative estimate of drug-likeness (QED) is 0.157. The minimum absolute atomic E-state index is 0. The fraction of sp³-hybridized carbons (Fsp3) is 0.586. The number of aromatic hydroxyl groups is 2. The van der Waals surface area contributed by atoms with Crippen LogP contribution in [0.25, 0.3) is 11.5 Å². The van der Waals surface area contributed by atoms with E-state index in [-0.39, 0.29) is 50.4 Å². The van der Waals surface area contributed by atoms with Gasteiger partial charge in [-0.25, -0.2) is 0 Å². The van der Waals surface area contributed by atoms with Gasteiger partial charge in [-0.3, -0.25) is 4.79 Å². The third kappa shape index (κ3) is 19.0. The first-order chi connectivity index (χ1) is 16.9. The first kappa shape index (κ1) is 39.7. The van der Waals surface area contributed by atoms with Crippen LogP contribution in [0, 0.1) is 17.2 Å². The molecule has 1 aliphatic carbocycles. The SMILES string of the molecule is CCC1=CC(C[NH-])CC=C1.CCCC=N.CNC(C)(CC(C)C)C(C)=O.[NH-]Cc1ccc(O)c(O)c1.[W+2]. The molecule has 0 heterocycles. The van der Waals surface area contributed by atoms with E-state index in [1.165, 1.54) is 23.9 Å². The number of hydrogen-bond donors (Lipinski definition) is 4. The standard InChI is InChI=1S/C9H19NO.C9H14N.C7H8NO2.C4H9N.W/c1-7(2)6-9(4,10-5)8(3)11;1-2-8-4-3-5-9(6-8)7-10;8-4-5-1-2-6(9)7(10)3-5;1-2-3-4-5;/h7,10H,6H2,1-5H3;3-4,6,9-10H,2,5,7H2,1H3;1-3,8-10H,4H2;4-5H,2-3H2,1H3;/q;2*-1;;+2. The summed E-state index contributed by atoms with van der Waals surface area (Å²) < 4.78 is 0. The van der Waals surface area contributed by atoms with Gasteiger partial charge in [-0.15, -0.1) is 13.1 Å². The van der Waals surface area contributed by atoms with Crippen LogP contribution in [0.1, 0.15) is 79.2 Å². The van der Waals surface area contributed by atoms with Gasteiger partial charge in [-0.2, -0.15) is 0 Å². The van der Waals surface area contributed by atoms with Crippen molar-refractivity contribution in [3.8, 4) is 11.5 Å². The van der Waals surface area contributed by atoms with E-state index >= 15 is 0 Å². The van der Waals surface area contributed by atoms with Gasteiger partial charge in [0.25, 0.3) is 0 Å². The Labute approximate surface area is 240 Å². The van der Waals surface area contributed by atoms with Crippen molar-refractivity contribution in [3.05, 3.63) is 59.0 Å². The van der Waals surface area contributed by atoms with Crippen molar-refractivity contribution >= 4 is 12.0 Å². The maximum Gasteiger partial charge on any atom is 2.00 e. The predicted molar refractivity (Wildman–Crippen MR) is 154 cm³/mol. The number of unbranched alkanes of at least 4 members (excludes halogenated alkanes) is 1. The van der Waals surface area contributed by atoms with Crippen molar-refractivity contribution in [1.29, 1.82) is 5.41 Å². The Bertz CT molecular complexity index is 812. The van der Waals surface area contributed by atoms with Crippen molar-refractivity contribution in [2.45, 2.75) is 85.7 Å². The van der Waals surface area contributed by atoms with Crippen LogP contribution in [-0.2, 0) is 32.4 Å². The fourth-order valence-corrected chi connectivity index (χ4v) is 3.26. The summed E-state index contributed by atoms with van der Waals surface area (Å²) in [6.07, 6.45) is 13.1. The minimum atomic E-state index is -0.325. The number of likely N-dealkylation sites (N-methyl/N-ethyl adjacent to an activating group) is 1. The maximum atomic E-state index is 11.2. The van der Waals surface area contributed by atoms with Crippen LogP contribution in [0.4, 0.5) is 0 Å². The van der Waals surface area contributed by atoms with Gasteiger partial charge in [0, 0.05) is 0 Å². The zero-order valence-corrected chi connectivity index (χ0v) is 26.8. The Kier molecular flexibility index (Phi) is 25.0. The van der Waals surface area contributed by atoms with Gasteiger partial charge >= 0.3 is 21.1 Å². The number of benzene rings is 1. The Morgan fingerprint density at radius 3 is 2.19 bits per heavy atom. The summed E-state index contributed by atoms with van der Waals surface area (Å²) in [7, 11) is 1.84. The van der Waals surface area contributed by atoms with Crippen LogP contribution in [0.15, 0.2) is 42.0 Å². The van der Waals surface area contributed by atoms with Crippen molar-refractivity contribution in [3.63, 3.8) is 0 Å². The van der Waals surface area contributed by atoms with E-state index in [4.69, 9.17) is 27.1 Å². The summed E-state index contributed by atoms with van der Waals surface area (Å²) >= 11 is 0. The smallest absolute Gasteiger partial charge is 0.677 e. The van der Waals surface area contributed by atoms with E-state index < -0.39 is 0 Å². The monoisotopic (exact) mass is 686 g/mol. The Balaban J connectivity index is -0.000000425. The second kappa shape index (κ2) is 23.3. The van der Waals surface area contributed by atoms with Gasteiger partial charge in [0.1, 0.15) is 5.78 Å². The number of carbonyl (C=O) groups excluding carboxylic acids is 1. The van der Waals surface area contributed by atoms with E-state index in [0.717, 1.165) is 32.1 Å². The molecule has 7 nitrogen and oxygen atoms in total. The van der Waals surface area contributed by atoms with Crippen molar-refractivity contribution in [1.82, 2.24) is 5.32 Å². The van der Waals surface area contributed by atoms with Crippen LogP contribution < -0.4 is 5.32 Å². The molecule has 210 valence electrons. The third-order valence-electron chi connectivity index (χ3n) is 5.71. The molecule has 0 saturated heterocycles. The molecule has 8 heteroatoms. The molecule has 2 unspecified atom stereocenters. The minimum Gasteiger partial charge on any atom is -0.677 e. The molecule has 0 aliphatic heterocycles. The Morgan fingerprint density at radius 2 is 1.86 bits per heavy atom. The van der Waals surface area contributed by atoms with Gasteiger partial charge in [0.2, 0.25) is 0 Å². The molecule has 0 saturated carbocycles. The summed E-state index contributed by atoms with van der Waals surface area (Å²) in [6, 6.07) is 4.35. The maximum absolute atomic E-state index is 11.2. The Morgan fingerprint density at radius 1 is 1.24 bits per heavy atom. The first-order valence-corrected chi connectivity index (χ1v) is 12.8. The molecular formula is C29H50N4O3W. The van der Waals surface area contributed by atoms with Crippen molar-refractivity contribution in [2.24, 2.45) is 11.8 Å². The number of nitrogens with one attached hydrogen (secondary N) is 4. The number of phenols is 2. The molecule has 0 fully saturated rings. The molecule has 0 amide bonds. The van der Waals surface area contributed by atoms with Gasteiger partial charge in [-0.1, -0.05) is 69.5 Å². The zero-order valence-electron chi connectivity index (χ0n) is 23.9. The average molecular weight is 687 g/mol. The summed E-state index contributed by atoms with van der Waals surface area (Å²) in [6.45, 7) is 12.7. The molecular weight excluding hydrogens is 636 g/mol. The molecule has 2 rings (SSSR count). The normalized spacial score (nSPS) is 15.2. The summed E-state index contributed by atoms with van der Waals surface area (Å²) in [5, 5.41) is 27.3. The largest absolute Gasteiger partial charge is 2.00 e. The second-order valence-corrected chi connectivity index (χ2v) is 9.43. The molecule has 0 spiro atoms. The number of Topliss-reactive ketones (excluding diaryl/α,β-unsaturated/α-hetero) is 1. The number of phenolic OH excluding ortho intramolecular Hbond substituents is 2. The van der Waals surface area contributed by atoms with Crippen LogP contribution in [0.3, 0.4) is 0 Å². The number of rotatable bonds is 9. The summed E-state index contributed by atoms with van der Waals surface area (Å²) in [5.41, 5.74) is 15.9. The van der Waals surface area contributed by atoms with E-state index in [1.807, 2.05) is 14.0 Å². The van der Waals surface area contributed by atoms with E-state index in [2.05, 4.69) is 51.2 Å². The molecule has 37 heavy (non-hydrogen) atoms. The molecule has 0 bridgehead atoms. The van der Waals surface area contributed by atoms with Crippen molar-refractivity contribution in [2.75, 3.05) is 13.6 Å². The Hall–Kier alpha value is -1.79. The number of hydrogen-bond acceptors (Lipinski definition) is 5. The number of ketones is 1. The van der Waals surface area contributed by atoms with Crippen LogP contribution >= 0.6 is 0 Å². The van der Waals surface area contributed by atoms with E-state index in [1.54, 1.807) is 13.0 Å². The second-order valence-electron chi connectivity index (χ2n) is 9.43. The van der Waals surface area contributed by atoms with Gasteiger partial charge in [0.15, 0.2) is 11.5 Å². The molecule has 1 aromatic carbocycles.